The number of hydrogen-bond donors (Lipinski definition) is 10. The molecule has 2 aliphatic heterocycles. The molecule has 0 radical (unpaired) electrons. The fourth-order valence-corrected chi connectivity index (χ4v) is 8.82. The molecule has 0 spiro atoms. The number of nitrogens with zero attached hydrogens (tertiary/aromatic N) is 6. The number of carbonyl (C=O) groups is 12. The summed E-state index contributed by atoms with van der Waals surface area (Å²) in [7, 11) is 0. The van der Waals surface area contributed by atoms with Crippen LogP contribution in [0, 0.1) is 17.8 Å². The van der Waals surface area contributed by atoms with E-state index in [-0.39, 0.29) is 116 Å². The van der Waals surface area contributed by atoms with Crippen LogP contribution in [0.25, 0.3) is 0 Å². The molecule has 0 aromatic rings. The van der Waals surface area contributed by atoms with E-state index in [0.29, 0.717) is 32.3 Å². The molecular formula is C47H77N11O17. The zero-order valence-corrected chi connectivity index (χ0v) is 42.8. The van der Waals surface area contributed by atoms with E-state index in [2.05, 4.69) is 20.9 Å². The first kappa shape index (κ1) is 64.6. The number of carboxylic acid groups (broad SMARTS) is 4. The smallest absolute Gasteiger partial charge is 0.326 e. The van der Waals surface area contributed by atoms with Crippen LogP contribution in [0.3, 0.4) is 0 Å². The van der Waals surface area contributed by atoms with Crippen LogP contribution in [0.15, 0.2) is 4.99 Å². The van der Waals surface area contributed by atoms with Gasteiger partial charge in [0.1, 0.15) is 30.7 Å². The Bertz CT molecular complexity index is 2000. The number of rotatable bonds is 33. The van der Waals surface area contributed by atoms with Gasteiger partial charge in [0.15, 0.2) is 17.5 Å². The van der Waals surface area contributed by atoms with Crippen molar-refractivity contribution >= 4 is 77.6 Å². The molecule has 28 nitrogen and oxygen atoms in total. The standard InChI is InChI=1S/C47H77N11O17/c1-30(2)23-35(38(63)25-32(29-61)43(70)52-34(45(72)73)5-3-9-50-47(48)49)53-42(69)31(26-40(65)66)24-33(62)27-51-44(71)36-6-4-10-58(36)39(64)8-7-37(46(74)75)57-17-15-55(20-22-60)12-11-54(19-21-59)13-14-56(16-18-57)28-41(67)68/h21-22,30-32,34-37,61H,3-20,23-29H2,1-2H3,(H,51,71)(H,52,70)(H,53,69)(H,65,66)(H,67,68)(H,72,73)(H,74,75)(H4,48,49,50)/t31-,32-,34-,35-,36-,37?/m0/s1. The third-order valence-electron chi connectivity index (χ3n) is 12.9. The molecule has 2 aliphatic rings. The lowest BCUT2D eigenvalue weighted by Crippen LogP contribution is -2.51. The largest absolute Gasteiger partial charge is 0.481 e. The molecule has 0 saturated carbocycles. The molecule has 0 aliphatic carbocycles. The molecule has 2 heterocycles. The number of ketones is 2. The van der Waals surface area contributed by atoms with Crippen molar-refractivity contribution in [2.45, 2.75) is 102 Å². The van der Waals surface area contributed by atoms with Crippen LogP contribution < -0.4 is 27.4 Å². The monoisotopic (exact) mass is 1070 g/mol. The number of Topliss-reactive ketones (excluding diaryl/α,β-unsaturated/α-hetero) is 2. The van der Waals surface area contributed by atoms with Crippen LogP contribution in [0.2, 0.25) is 0 Å². The summed E-state index contributed by atoms with van der Waals surface area (Å²) in [6.07, 6.45) is -0.553. The third kappa shape index (κ3) is 24.6. The quantitative estimate of drug-likeness (QED) is 0.0129. The maximum absolute atomic E-state index is 13.7. The summed E-state index contributed by atoms with van der Waals surface area (Å²) >= 11 is 0. The summed E-state index contributed by atoms with van der Waals surface area (Å²) in [5.74, 6) is -13.3. The number of hydrogen-bond acceptors (Lipinski definition) is 18. The third-order valence-corrected chi connectivity index (χ3v) is 12.9. The highest BCUT2D eigenvalue weighted by Crippen LogP contribution is 2.21. The molecule has 2 fully saturated rings. The Morgan fingerprint density at radius 3 is 1.80 bits per heavy atom. The number of aldehydes is 2. The van der Waals surface area contributed by atoms with Gasteiger partial charge in [0.05, 0.1) is 57.1 Å². The average Bonchev–Trinajstić information content (AvgIpc) is 3.83. The molecule has 1 unspecified atom stereocenters. The van der Waals surface area contributed by atoms with Gasteiger partial charge in [0.25, 0.3) is 0 Å². The van der Waals surface area contributed by atoms with E-state index in [9.17, 15) is 83.1 Å². The van der Waals surface area contributed by atoms with Gasteiger partial charge >= 0.3 is 23.9 Å². The normalized spacial score (nSPS) is 18.4. The molecule has 2 rings (SSSR count). The minimum atomic E-state index is -1.53. The zero-order valence-electron chi connectivity index (χ0n) is 42.8. The maximum Gasteiger partial charge on any atom is 0.326 e. The second kappa shape index (κ2) is 34.2. The highest BCUT2D eigenvalue weighted by molar-refractivity contribution is 5.97. The van der Waals surface area contributed by atoms with E-state index < -0.39 is 127 Å². The van der Waals surface area contributed by atoms with Crippen molar-refractivity contribution in [1.29, 1.82) is 0 Å². The van der Waals surface area contributed by atoms with Crippen molar-refractivity contribution in [3.8, 4) is 0 Å². The summed E-state index contributed by atoms with van der Waals surface area (Å²) in [5.41, 5.74) is 10.6. The number of carbonyl (C=O) groups excluding carboxylic acids is 8. The van der Waals surface area contributed by atoms with Gasteiger partial charge in [-0.25, -0.2) is 4.79 Å². The Morgan fingerprint density at radius 2 is 1.27 bits per heavy atom. The van der Waals surface area contributed by atoms with Gasteiger partial charge in [-0.1, -0.05) is 13.8 Å². The van der Waals surface area contributed by atoms with Crippen LogP contribution in [0.4, 0.5) is 0 Å². The van der Waals surface area contributed by atoms with Crippen molar-refractivity contribution < 1.29 is 83.1 Å². The number of aliphatic hydroxyl groups is 1. The van der Waals surface area contributed by atoms with Crippen LogP contribution >= 0.6 is 0 Å². The van der Waals surface area contributed by atoms with E-state index in [1.54, 1.807) is 28.5 Å². The summed E-state index contributed by atoms with van der Waals surface area (Å²) in [6, 6.07) is -5.00. The molecule has 12 N–H and O–H groups in total. The Kier molecular flexibility index (Phi) is 29.4. The molecule has 75 heavy (non-hydrogen) atoms. The minimum absolute atomic E-state index is 0.00109. The van der Waals surface area contributed by atoms with Crippen LogP contribution in [0.1, 0.15) is 78.1 Å². The van der Waals surface area contributed by atoms with Crippen molar-refractivity contribution in [2.75, 3.05) is 98.2 Å². The molecule has 28 heteroatoms. The highest BCUT2D eigenvalue weighted by atomic mass is 16.4. The number of aliphatic hydroxyl groups excluding tert-OH is 1. The fourth-order valence-electron chi connectivity index (χ4n) is 8.82. The first-order valence-corrected chi connectivity index (χ1v) is 25.1. The van der Waals surface area contributed by atoms with Crippen molar-refractivity contribution in [1.82, 2.24) is 40.4 Å². The lowest BCUT2D eigenvalue weighted by atomic mass is 9.91. The van der Waals surface area contributed by atoms with Crippen LogP contribution in [-0.4, -0.2) is 250 Å². The summed E-state index contributed by atoms with van der Waals surface area (Å²) in [5, 5.41) is 56.5. The summed E-state index contributed by atoms with van der Waals surface area (Å²) < 4.78 is 0. The fraction of sp³-hybridized carbons (Fsp3) is 0.723. The van der Waals surface area contributed by atoms with Gasteiger partial charge in [-0.2, -0.15) is 0 Å². The van der Waals surface area contributed by atoms with Gasteiger partial charge in [0.2, 0.25) is 23.6 Å². The lowest BCUT2D eigenvalue weighted by molar-refractivity contribution is -0.145. The summed E-state index contributed by atoms with van der Waals surface area (Å²) in [4.78, 5) is 164. The SMILES string of the molecule is CC(C)C[C@H](NC(=O)[C@H](CC(=O)O)CC(=O)CNC(=O)[C@@H]1CCCN1C(=O)CCC(C(=O)O)N1CCN(CC=O)CCN(CC=O)CCN(CC(=O)O)CC1)C(=O)C[C@@H](CO)C(=O)N[C@@H](CCCN=C(N)N)C(=O)O. The van der Waals surface area contributed by atoms with Crippen LogP contribution in [-0.2, 0) is 57.5 Å². The van der Waals surface area contributed by atoms with E-state index in [4.69, 9.17) is 11.5 Å². The van der Waals surface area contributed by atoms with Crippen molar-refractivity contribution in [3.63, 3.8) is 0 Å². The van der Waals surface area contributed by atoms with Crippen molar-refractivity contribution in [3.05, 3.63) is 0 Å². The second-order valence-corrected chi connectivity index (χ2v) is 19.1. The van der Waals surface area contributed by atoms with E-state index in [1.807, 2.05) is 4.90 Å². The number of aliphatic imine (C=N–C) groups is 1. The number of carboxylic acids is 4. The predicted octanol–water partition coefficient (Wildman–Crippen LogP) is -4.20. The van der Waals surface area contributed by atoms with Gasteiger partial charge in [-0.3, -0.25) is 67.7 Å². The maximum atomic E-state index is 13.7. The van der Waals surface area contributed by atoms with Gasteiger partial charge in [-0.15, -0.1) is 0 Å². The molecule has 0 aromatic heterocycles. The first-order valence-electron chi connectivity index (χ1n) is 25.1. The van der Waals surface area contributed by atoms with E-state index in [1.165, 1.54) is 4.90 Å². The minimum Gasteiger partial charge on any atom is -0.481 e. The second-order valence-electron chi connectivity index (χ2n) is 19.1. The molecule has 6 atom stereocenters. The summed E-state index contributed by atoms with van der Waals surface area (Å²) in [6.45, 7) is 3.88. The van der Waals surface area contributed by atoms with Gasteiger partial charge < -0.3 is 67.4 Å². The molecule has 4 amide bonds. The number of nitrogens with one attached hydrogen (secondary N) is 3. The van der Waals surface area contributed by atoms with Crippen LogP contribution in [0.5, 0.6) is 0 Å². The molecular weight excluding hydrogens is 991 g/mol. The zero-order chi connectivity index (χ0) is 56.2. The molecule has 0 aromatic carbocycles. The van der Waals surface area contributed by atoms with Gasteiger partial charge in [-0.05, 0) is 44.4 Å². The Morgan fingerprint density at radius 1 is 0.693 bits per heavy atom. The number of guanidine groups is 1. The predicted molar refractivity (Wildman–Crippen MR) is 265 cm³/mol. The van der Waals surface area contributed by atoms with Crippen molar-refractivity contribution in [2.24, 2.45) is 34.2 Å². The van der Waals surface area contributed by atoms with E-state index in [0.717, 1.165) is 6.29 Å². The highest BCUT2D eigenvalue weighted by Gasteiger charge is 2.37. The Labute approximate surface area is 434 Å². The van der Waals surface area contributed by atoms with E-state index >= 15 is 0 Å². The molecule has 2 saturated heterocycles. The first-order chi connectivity index (χ1) is 35.5. The number of aliphatic carboxylic acids is 4. The lowest BCUT2D eigenvalue weighted by Gasteiger charge is -2.35. The number of likely N-dealkylation sites (tertiary alicyclic amines) is 1. The van der Waals surface area contributed by atoms with Gasteiger partial charge in [0, 0.05) is 84.7 Å². The topological polar surface area (TPSA) is 423 Å². The molecule has 422 valence electrons. The molecule has 0 bridgehead atoms. The average molecular weight is 1070 g/mol. The number of nitrogens with two attached hydrogens (primary N) is 2. The number of amides is 4. The Balaban J connectivity index is 2.13. The Hall–Kier alpha value is -6.49.